The van der Waals surface area contributed by atoms with Gasteiger partial charge in [0, 0.05) is 12.2 Å². The highest BCUT2D eigenvalue weighted by molar-refractivity contribution is 5.52. The second-order valence-corrected chi connectivity index (χ2v) is 5.41. The molecule has 1 unspecified atom stereocenters. The third-order valence-corrected chi connectivity index (χ3v) is 2.64. The average molecular weight is 247 g/mol. The lowest BCUT2D eigenvalue weighted by atomic mass is 9.94. The number of nitrogens with zero attached hydrogens (tertiary/aromatic N) is 2. The normalized spacial score (nSPS) is 14.1. The molecule has 0 saturated heterocycles. The van der Waals surface area contributed by atoms with Gasteiger partial charge in [0.05, 0.1) is 11.2 Å². The first-order valence-electron chi connectivity index (χ1n) is 6.18. The molecule has 1 rings (SSSR count). The predicted octanol–water partition coefficient (Wildman–Crippen LogP) is 2.47. The van der Waals surface area contributed by atoms with Crippen LogP contribution in [-0.2, 0) is 0 Å². The van der Waals surface area contributed by atoms with Gasteiger partial charge < -0.3 is 10.4 Å². The van der Waals surface area contributed by atoms with Crippen molar-refractivity contribution in [3.8, 4) is 6.07 Å². The lowest BCUT2D eigenvalue weighted by Crippen LogP contribution is -2.35. The van der Waals surface area contributed by atoms with E-state index in [9.17, 15) is 5.11 Å². The van der Waals surface area contributed by atoms with Crippen LogP contribution in [0.3, 0.4) is 0 Å². The summed E-state index contributed by atoms with van der Waals surface area (Å²) < 4.78 is 0. The Morgan fingerprint density at radius 3 is 2.72 bits per heavy atom. The average Bonchev–Trinajstić information content (AvgIpc) is 2.25. The molecule has 98 valence electrons. The summed E-state index contributed by atoms with van der Waals surface area (Å²) in [5.74, 6) is 0.962. The van der Waals surface area contributed by atoms with Crippen molar-refractivity contribution in [2.24, 2.45) is 5.92 Å². The zero-order valence-electron chi connectivity index (χ0n) is 11.5. The van der Waals surface area contributed by atoms with E-state index in [1.807, 2.05) is 6.92 Å². The summed E-state index contributed by atoms with van der Waals surface area (Å²) in [4.78, 5) is 4.28. The Kier molecular flexibility index (Phi) is 4.69. The van der Waals surface area contributed by atoms with Crippen LogP contribution < -0.4 is 5.32 Å². The summed E-state index contributed by atoms with van der Waals surface area (Å²) in [5, 5.41) is 22.3. The largest absolute Gasteiger partial charge is 0.388 e. The summed E-state index contributed by atoms with van der Waals surface area (Å²) in [6, 6.07) is 5.63. The molecule has 0 bridgehead atoms. The zero-order chi connectivity index (χ0) is 13.8. The van der Waals surface area contributed by atoms with Crippen LogP contribution in [0.5, 0.6) is 0 Å². The minimum atomic E-state index is -0.799. The van der Waals surface area contributed by atoms with Crippen LogP contribution in [-0.4, -0.2) is 22.2 Å². The number of nitriles is 1. The van der Waals surface area contributed by atoms with Gasteiger partial charge in [-0.25, -0.2) is 4.98 Å². The van der Waals surface area contributed by atoms with E-state index in [0.29, 0.717) is 30.3 Å². The number of aromatic nitrogens is 1. The van der Waals surface area contributed by atoms with Gasteiger partial charge in [0.2, 0.25) is 0 Å². The number of pyridine rings is 1. The lowest BCUT2D eigenvalue weighted by molar-refractivity contribution is 0.0514. The first kappa shape index (κ1) is 14.5. The number of hydrogen-bond acceptors (Lipinski definition) is 4. The highest BCUT2D eigenvalue weighted by Gasteiger charge is 2.22. The van der Waals surface area contributed by atoms with Crippen molar-refractivity contribution in [3.63, 3.8) is 0 Å². The maximum absolute atomic E-state index is 10.2. The Morgan fingerprint density at radius 2 is 2.17 bits per heavy atom. The standard InChI is InChI=1S/C14H21N3O/c1-10(2)7-14(4,18)9-16-13-12(8-15)6-5-11(3)17-13/h5-6,10,18H,7,9H2,1-4H3,(H,16,17). The molecular weight excluding hydrogens is 226 g/mol. The molecule has 0 spiro atoms. The van der Waals surface area contributed by atoms with Crippen molar-refractivity contribution in [3.05, 3.63) is 23.4 Å². The third kappa shape index (κ3) is 4.34. The molecule has 2 N–H and O–H groups in total. The van der Waals surface area contributed by atoms with E-state index in [-0.39, 0.29) is 0 Å². The van der Waals surface area contributed by atoms with E-state index in [1.54, 1.807) is 19.1 Å². The van der Waals surface area contributed by atoms with Gasteiger partial charge >= 0.3 is 0 Å². The van der Waals surface area contributed by atoms with Gasteiger partial charge in [-0.05, 0) is 38.3 Å². The second kappa shape index (κ2) is 5.83. The van der Waals surface area contributed by atoms with Crippen LogP contribution in [0, 0.1) is 24.2 Å². The molecule has 1 aromatic heterocycles. The number of hydrogen-bond donors (Lipinski definition) is 2. The first-order chi connectivity index (χ1) is 8.34. The summed E-state index contributed by atoms with van der Waals surface area (Å²) in [7, 11) is 0. The summed E-state index contributed by atoms with van der Waals surface area (Å²) in [6.07, 6.45) is 0.702. The number of aliphatic hydroxyl groups is 1. The van der Waals surface area contributed by atoms with Crippen molar-refractivity contribution < 1.29 is 5.11 Å². The van der Waals surface area contributed by atoms with Crippen LogP contribution in [0.15, 0.2) is 12.1 Å². The Bertz CT molecular complexity index is 447. The van der Waals surface area contributed by atoms with Gasteiger partial charge in [-0.15, -0.1) is 0 Å². The summed E-state index contributed by atoms with van der Waals surface area (Å²) >= 11 is 0. The van der Waals surface area contributed by atoms with Crippen molar-refractivity contribution in [1.29, 1.82) is 5.26 Å². The lowest BCUT2D eigenvalue weighted by Gasteiger charge is -2.26. The van der Waals surface area contributed by atoms with Crippen LogP contribution in [0.2, 0.25) is 0 Å². The van der Waals surface area contributed by atoms with Gasteiger partial charge in [0.1, 0.15) is 11.9 Å². The van der Waals surface area contributed by atoms with Gasteiger partial charge in [-0.1, -0.05) is 13.8 Å². The van der Waals surface area contributed by atoms with Crippen LogP contribution in [0.1, 0.15) is 38.4 Å². The Morgan fingerprint density at radius 1 is 1.50 bits per heavy atom. The van der Waals surface area contributed by atoms with Crippen molar-refractivity contribution in [2.75, 3.05) is 11.9 Å². The van der Waals surface area contributed by atoms with Gasteiger partial charge in [0.25, 0.3) is 0 Å². The molecule has 0 aliphatic heterocycles. The molecule has 0 fully saturated rings. The molecule has 0 radical (unpaired) electrons. The van der Waals surface area contributed by atoms with E-state index in [0.717, 1.165) is 5.69 Å². The minimum Gasteiger partial charge on any atom is -0.388 e. The molecule has 18 heavy (non-hydrogen) atoms. The molecule has 1 aromatic rings. The summed E-state index contributed by atoms with van der Waals surface area (Å²) in [5.41, 5.74) is 0.549. The SMILES string of the molecule is Cc1ccc(C#N)c(NCC(C)(O)CC(C)C)n1. The van der Waals surface area contributed by atoms with Gasteiger partial charge in [0.15, 0.2) is 0 Å². The van der Waals surface area contributed by atoms with Crippen LogP contribution in [0.4, 0.5) is 5.82 Å². The highest BCUT2D eigenvalue weighted by atomic mass is 16.3. The van der Waals surface area contributed by atoms with Crippen molar-refractivity contribution in [2.45, 2.75) is 39.7 Å². The van der Waals surface area contributed by atoms with Crippen molar-refractivity contribution >= 4 is 5.82 Å². The van der Waals surface area contributed by atoms with E-state index in [4.69, 9.17) is 5.26 Å². The fourth-order valence-electron chi connectivity index (χ4n) is 2.01. The van der Waals surface area contributed by atoms with E-state index < -0.39 is 5.60 Å². The second-order valence-electron chi connectivity index (χ2n) is 5.41. The molecule has 0 aliphatic carbocycles. The number of nitrogens with one attached hydrogen (secondary N) is 1. The van der Waals surface area contributed by atoms with E-state index >= 15 is 0 Å². The van der Waals surface area contributed by atoms with Gasteiger partial charge in [-0.3, -0.25) is 0 Å². The Labute approximate surface area is 109 Å². The number of aryl methyl sites for hydroxylation is 1. The Balaban J connectivity index is 2.74. The number of rotatable bonds is 5. The molecular formula is C14H21N3O. The molecule has 4 heteroatoms. The fourth-order valence-corrected chi connectivity index (χ4v) is 2.01. The Hall–Kier alpha value is -1.60. The van der Waals surface area contributed by atoms with Gasteiger partial charge in [-0.2, -0.15) is 5.26 Å². The zero-order valence-corrected chi connectivity index (χ0v) is 11.5. The smallest absolute Gasteiger partial charge is 0.144 e. The molecule has 0 aliphatic rings. The maximum atomic E-state index is 10.2. The predicted molar refractivity (Wildman–Crippen MR) is 72.3 cm³/mol. The molecule has 1 heterocycles. The first-order valence-corrected chi connectivity index (χ1v) is 6.18. The number of anilines is 1. The van der Waals surface area contributed by atoms with Crippen molar-refractivity contribution in [1.82, 2.24) is 4.98 Å². The summed E-state index contributed by atoms with van der Waals surface area (Å²) in [6.45, 7) is 8.19. The van der Waals surface area contributed by atoms with E-state index in [1.165, 1.54) is 0 Å². The third-order valence-electron chi connectivity index (χ3n) is 2.64. The minimum absolute atomic E-state index is 0.385. The topological polar surface area (TPSA) is 68.9 Å². The quantitative estimate of drug-likeness (QED) is 0.838. The monoisotopic (exact) mass is 247 g/mol. The van der Waals surface area contributed by atoms with Crippen LogP contribution in [0.25, 0.3) is 0 Å². The molecule has 0 saturated carbocycles. The molecule has 4 nitrogen and oxygen atoms in total. The van der Waals surface area contributed by atoms with Crippen LogP contribution >= 0.6 is 0 Å². The molecule has 0 aromatic carbocycles. The maximum Gasteiger partial charge on any atom is 0.144 e. The molecule has 1 atom stereocenters. The fraction of sp³-hybridized carbons (Fsp3) is 0.571. The highest BCUT2D eigenvalue weighted by Crippen LogP contribution is 2.18. The van der Waals surface area contributed by atoms with E-state index in [2.05, 4.69) is 30.2 Å². The molecule has 0 amide bonds.